The third kappa shape index (κ3) is 3.05. The van der Waals surface area contributed by atoms with E-state index in [1.807, 2.05) is 4.90 Å². The van der Waals surface area contributed by atoms with E-state index in [1.54, 1.807) is 0 Å². The molecule has 2 heterocycles. The Kier molecular flexibility index (Phi) is 4.87. The Morgan fingerprint density at radius 1 is 1.30 bits per heavy atom. The highest BCUT2D eigenvalue weighted by Gasteiger charge is 2.28. The van der Waals surface area contributed by atoms with Gasteiger partial charge in [0.15, 0.2) is 0 Å². The number of ether oxygens (including phenoxy) is 1. The van der Waals surface area contributed by atoms with Crippen molar-refractivity contribution in [2.45, 2.75) is 39.5 Å². The molecule has 6 heteroatoms. The van der Waals surface area contributed by atoms with Crippen LogP contribution in [0.5, 0.6) is 0 Å². The van der Waals surface area contributed by atoms with E-state index in [4.69, 9.17) is 4.74 Å². The lowest BCUT2D eigenvalue weighted by Crippen LogP contribution is -2.40. The van der Waals surface area contributed by atoms with E-state index in [2.05, 4.69) is 29.0 Å². The summed E-state index contributed by atoms with van der Waals surface area (Å²) in [6, 6.07) is 0. The van der Waals surface area contributed by atoms with Crippen LogP contribution in [0.3, 0.4) is 0 Å². The van der Waals surface area contributed by atoms with Crippen LogP contribution in [0.25, 0.3) is 0 Å². The molecule has 1 atom stereocenters. The molecule has 0 amide bonds. The summed E-state index contributed by atoms with van der Waals surface area (Å²) in [5, 5.41) is 8.48. The molecular weight excluding hydrogens is 256 g/mol. The first-order valence-electron chi connectivity index (χ1n) is 7.24. The van der Waals surface area contributed by atoms with E-state index in [0.717, 1.165) is 43.6 Å². The third-order valence-electron chi connectivity index (χ3n) is 3.74. The van der Waals surface area contributed by atoms with Gasteiger partial charge in [-0.15, -0.1) is 5.10 Å². The SMILES string of the molecule is CCc1nnc(N2CCCC(C(=O)OC)C2)nc1CC. The lowest BCUT2D eigenvalue weighted by Gasteiger charge is -2.31. The van der Waals surface area contributed by atoms with E-state index in [-0.39, 0.29) is 11.9 Å². The molecule has 1 unspecified atom stereocenters. The Hall–Kier alpha value is -1.72. The highest BCUT2D eigenvalue weighted by molar-refractivity contribution is 5.73. The smallest absolute Gasteiger partial charge is 0.310 e. The number of carbonyl (C=O) groups excluding carboxylic acids is 1. The molecule has 1 aliphatic heterocycles. The summed E-state index contributed by atoms with van der Waals surface area (Å²) < 4.78 is 4.83. The Morgan fingerprint density at radius 2 is 2.05 bits per heavy atom. The van der Waals surface area contributed by atoms with E-state index in [9.17, 15) is 4.79 Å². The van der Waals surface area contributed by atoms with Gasteiger partial charge in [0, 0.05) is 13.1 Å². The van der Waals surface area contributed by atoms with Crippen molar-refractivity contribution in [1.29, 1.82) is 0 Å². The summed E-state index contributed by atoms with van der Waals surface area (Å²) in [5.74, 6) is 0.393. The predicted molar refractivity (Wildman–Crippen MR) is 75.5 cm³/mol. The fraction of sp³-hybridized carbons (Fsp3) is 0.714. The number of hydrogen-bond donors (Lipinski definition) is 0. The number of piperidine rings is 1. The van der Waals surface area contributed by atoms with E-state index < -0.39 is 0 Å². The van der Waals surface area contributed by atoms with Gasteiger partial charge in [-0.3, -0.25) is 4.79 Å². The van der Waals surface area contributed by atoms with Crippen LogP contribution in [0.4, 0.5) is 5.95 Å². The van der Waals surface area contributed by atoms with Crippen molar-refractivity contribution in [3.63, 3.8) is 0 Å². The number of aryl methyl sites for hydroxylation is 2. The van der Waals surface area contributed by atoms with Crippen LogP contribution in [0.2, 0.25) is 0 Å². The first-order valence-corrected chi connectivity index (χ1v) is 7.24. The van der Waals surface area contributed by atoms with Crippen molar-refractivity contribution >= 4 is 11.9 Å². The molecule has 1 aromatic rings. The Bertz CT molecular complexity index is 478. The van der Waals surface area contributed by atoms with Gasteiger partial charge in [0.2, 0.25) is 5.95 Å². The molecule has 6 nitrogen and oxygen atoms in total. The van der Waals surface area contributed by atoms with Crippen LogP contribution in [0, 0.1) is 5.92 Å². The summed E-state index contributed by atoms with van der Waals surface area (Å²) in [6.07, 6.45) is 3.50. The monoisotopic (exact) mass is 278 g/mol. The van der Waals surface area contributed by atoms with E-state index in [1.165, 1.54) is 7.11 Å². The summed E-state index contributed by atoms with van der Waals surface area (Å²) in [5.41, 5.74) is 1.95. The second kappa shape index (κ2) is 6.63. The average molecular weight is 278 g/mol. The number of methoxy groups -OCH3 is 1. The van der Waals surface area contributed by atoms with Crippen molar-refractivity contribution in [1.82, 2.24) is 15.2 Å². The highest BCUT2D eigenvalue weighted by atomic mass is 16.5. The molecular formula is C14H22N4O2. The van der Waals surface area contributed by atoms with Crippen molar-refractivity contribution < 1.29 is 9.53 Å². The standard InChI is InChI=1S/C14H22N4O2/c1-4-11-12(5-2)16-17-14(15-11)18-8-6-7-10(9-18)13(19)20-3/h10H,4-9H2,1-3H3. The molecule has 2 rings (SSSR count). The molecule has 0 aromatic carbocycles. The van der Waals surface area contributed by atoms with Crippen LogP contribution in [-0.4, -0.2) is 41.3 Å². The van der Waals surface area contributed by atoms with Crippen molar-refractivity contribution in [2.24, 2.45) is 5.92 Å². The molecule has 0 radical (unpaired) electrons. The summed E-state index contributed by atoms with van der Waals surface area (Å²) in [4.78, 5) is 18.3. The minimum atomic E-state index is -0.149. The van der Waals surface area contributed by atoms with Gasteiger partial charge in [-0.2, -0.15) is 5.10 Å². The average Bonchev–Trinajstić information content (AvgIpc) is 2.53. The molecule has 0 bridgehead atoms. The first kappa shape index (κ1) is 14.7. The fourth-order valence-corrected chi connectivity index (χ4v) is 2.58. The quantitative estimate of drug-likeness (QED) is 0.775. The maximum Gasteiger partial charge on any atom is 0.310 e. The molecule has 1 aliphatic rings. The predicted octanol–water partition coefficient (Wildman–Crippen LogP) is 1.39. The minimum Gasteiger partial charge on any atom is -0.469 e. The summed E-state index contributed by atoms with van der Waals surface area (Å²) in [6.45, 7) is 5.60. The normalized spacial score (nSPS) is 18.9. The first-order chi connectivity index (χ1) is 9.69. The van der Waals surface area contributed by atoms with Crippen LogP contribution in [0.15, 0.2) is 0 Å². The zero-order chi connectivity index (χ0) is 14.5. The zero-order valence-corrected chi connectivity index (χ0v) is 12.4. The molecule has 0 N–H and O–H groups in total. The van der Waals surface area contributed by atoms with Gasteiger partial charge in [-0.25, -0.2) is 4.98 Å². The number of hydrogen-bond acceptors (Lipinski definition) is 6. The van der Waals surface area contributed by atoms with Gasteiger partial charge in [0.05, 0.1) is 24.4 Å². The Morgan fingerprint density at radius 3 is 2.70 bits per heavy atom. The topological polar surface area (TPSA) is 68.2 Å². The van der Waals surface area contributed by atoms with Gasteiger partial charge >= 0.3 is 5.97 Å². The molecule has 1 aromatic heterocycles. The fourth-order valence-electron chi connectivity index (χ4n) is 2.58. The van der Waals surface area contributed by atoms with Crippen molar-refractivity contribution in [2.75, 3.05) is 25.1 Å². The highest BCUT2D eigenvalue weighted by Crippen LogP contribution is 2.21. The minimum absolute atomic E-state index is 0.0896. The Balaban J connectivity index is 2.16. The lowest BCUT2D eigenvalue weighted by atomic mass is 9.98. The van der Waals surface area contributed by atoms with Gasteiger partial charge in [0.1, 0.15) is 0 Å². The number of anilines is 1. The number of esters is 1. The molecule has 0 aliphatic carbocycles. The number of aromatic nitrogens is 3. The number of nitrogens with zero attached hydrogens (tertiary/aromatic N) is 4. The second-order valence-electron chi connectivity index (χ2n) is 5.02. The van der Waals surface area contributed by atoms with Crippen LogP contribution in [-0.2, 0) is 22.4 Å². The molecule has 110 valence electrons. The van der Waals surface area contributed by atoms with Crippen molar-refractivity contribution in [3.8, 4) is 0 Å². The van der Waals surface area contributed by atoms with Crippen molar-refractivity contribution in [3.05, 3.63) is 11.4 Å². The third-order valence-corrected chi connectivity index (χ3v) is 3.74. The summed E-state index contributed by atoms with van der Waals surface area (Å²) in [7, 11) is 1.44. The van der Waals surface area contributed by atoms with Crippen LogP contribution < -0.4 is 4.90 Å². The van der Waals surface area contributed by atoms with Gasteiger partial charge in [0.25, 0.3) is 0 Å². The number of rotatable bonds is 4. The molecule has 1 fully saturated rings. The van der Waals surface area contributed by atoms with Gasteiger partial charge < -0.3 is 9.64 Å². The maximum atomic E-state index is 11.7. The second-order valence-corrected chi connectivity index (χ2v) is 5.02. The zero-order valence-electron chi connectivity index (χ0n) is 12.4. The summed E-state index contributed by atoms with van der Waals surface area (Å²) >= 11 is 0. The lowest BCUT2D eigenvalue weighted by molar-refractivity contribution is -0.145. The van der Waals surface area contributed by atoms with E-state index >= 15 is 0 Å². The molecule has 0 spiro atoms. The molecule has 20 heavy (non-hydrogen) atoms. The van der Waals surface area contributed by atoms with Crippen LogP contribution in [0.1, 0.15) is 38.1 Å². The van der Waals surface area contributed by atoms with Gasteiger partial charge in [-0.1, -0.05) is 13.8 Å². The number of carbonyl (C=O) groups is 1. The maximum absolute atomic E-state index is 11.7. The largest absolute Gasteiger partial charge is 0.469 e. The van der Waals surface area contributed by atoms with Crippen LogP contribution >= 0.6 is 0 Å². The molecule has 1 saturated heterocycles. The van der Waals surface area contributed by atoms with Gasteiger partial charge in [-0.05, 0) is 25.7 Å². The Labute approximate surface area is 119 Å². The molecule has 0 saturated carbocycles. The van der Waals surface area contributed by atoms with E-state index in [0.29, 0.717) is 12.5 Å².